The molecule has 0 aromatic heterocycles. The molecule has 22 heavy (non-hydrogen) atoms. The van der Waals surface area contributed by atoms with Crippen molar-refractivity contribution < 1.29 is 19.4 Å². The van der Waals surface area contributed by atoms with Crippen molar-refractivity contribution in [3.05, 3.63) is 0 Å². The Morgan fingerprint density at radius 2 is 1.82 bits per heavy atom. The predicted molar refractivity (Wildman–Crippen MR) is 85.2 cm³/mol. The topological polar surface area (TPSA) is 66.8 Å². The van der Waals surface area contributed by atoms with E-state index < -0.39 is 17.7 Å². The van der Waals surface area contributed by atoms with Gasteiger partial charge in [-0.25, -0.2) is 4.79 Å². The zero-order valence-corrected chi connectivity index (χ0v) is 14.8. The van der Waals surface area contributed by atoms with E-state index >= 15 is 0 Å². The van der Waals surface area contributed by atoms with Crippen molar-refractivity contribution in [1.82, 2.24) is 4.90 Å². The number of rotatable bonds is 4. The summed E-state index contributed by atoms with van der Waals surface area (Å²) in [4.78, 5) is 26.6. The Kier molecular flexibility index (Phi) is 6.41. The first-order valence-corrected chi connectivity index (χ1v) is 8.20. The van der Waals surface area contributed by atoms with Crippen LogP contribution in [0.4, 0.5) is 0 Å². The van der Waals surface area contributed by atoms with Crippen molar-refractivity contribution in [3.8, 4) is 0 Å². The van der Waals surface area contributed by atoms with Gasteiger partial charge in [-0.05, 0) is 46.0 Å². The Balaban J connectivity index is 2.82. The molecule has 1 saturated carbocycles. The first-order valence-electron chi connectivity index (χ1n) is 8.20. The summed E-state index contributed by atoms with van der Waals surface area (Å²) < 4.78 is 5.46. The fraction of sp³-hybridized carbons (Fsp3) is 0.882. The first-order chi connectivity index (χ1) is 10.0. The number of aliphatic hydroxyl groups excluding tert-OH is 1. The minimum atomic E-state index is -0.592. The van der Waals surface area contributed by atoms with Crippen LogP contribution in [0.3, 0.4) is 0 Å². The molecule has 1 fully saturated rings. The second kappa shape index (κ2) is 7.44. The Bertz CT molecular complexity index is 400. The van der Waals surface area contributed by atoms with Gasteiger partial charge in [0.2, 0.25) is 5.91 Å². The normalized spacial score (nSPS) is 24.0. The molecule has 0 aromatic carbocycles. The average molecular weight is 313 g/mol. The number of carbonyl (C=O) groups excluding carboxylic acids is 2. The maximum Gasteiger partial charge on any atom is 0.329 e. The molecule has 0 saturated heterocycles. The van der Waals surface area contributed by atoms with E-state index in [4.69, 9.17) is 4.74 Å². The molecular weight excluding hydrogens is 282 g/mol. The van der Waals surface area contributed by atoms with Gasteiger partial charge in [-0.15, -0.1) is 0 Å². The van der Waals surface area contributed by atoms with Gasteiger partial charge in [0, 0.05) is 13.0 Å². The van der Waals surface area contributed by atoms with E-state index in [0.717, 1.165) is 19.3 Å². The summed E-state index contributed by atoms with van der Waals surface area (Å²) in [6, 6.07) is -0.592. The van der Waals surface area contributed by atoms with Crippen molar-refractivity contribution in [1.29, 1.82) is 0 Å². The molecule has 0 bridgehead atoms. The van der Waals surface area contributed by atoms with E-state index in [-0.39, 0.29) is 23.7 Å². The Labute approximate surface area is 134 Å². The SMILES string of the molecule is CC(C)C(C(=O)OC(C)(C)C)N(C)C(=O)[C@H]1CCC[C@@H](O)C1. The van der Waals surface area contributed by atoms with Crippen LogP contribution in [-0.2, 0) is 14.3 Å². The second-order valence-electron chi connectivity index (χ2n) is 7.69. The molecular formula is C17H31NO4. The molecule has 1 rings (SSSR count). The molecule has 0 radical (unpaired) electrons. The van der Waals surface area contributed by atoms with Crippen molar-refractivity contribution in [3.63, 3.8) is 0 Å². The van der Waals surface area contributed by atoms with Gasteiger partial charge < -0.3 is 14.7 Å². The monoisotopic (exact) mass is 313 g/mol. The Morgan fingerprint density at radius 3 is 2.27 bits per heavy atom. The third-order valence-corrected chi connectivity index (χ3v) is 4.04. The van der Waals surface area contributed by atoms with Crippen molar-refractivity contribution in [2.45, 2.75) is 78.0 Å². The van der Waals surface area contributed by atoms with Crippen molar-refractivity contribution in [2.24, 2.45) is 11.8 Å². The van der Waals surface area contributed by atoms with Crippen molar-refractivity contribution in [2.75, 3.05) is 7.05 Å². The van der Waals surface area contributed by atoms with Crippen LogP contribution in [0, 0.1) is 11.8 Å². The predicted octanol–water partition coefficient (Wildman–Crippen LogP) is 2.36. The molecule has 3 atom stereocenters. The summed E-state index contributed by atoms with van der Waals surface area (Å²) >= 11 is 0. The molecule has 1 amide bonds. The molecule has 0 aromatic rings. The smallest absolute Gasteiger partial charge is 0.329 e. The van der Waals surface area contributed by atoms with Crippen LogP contribution in [0.15, 0.2) is 0 Å². The number of aliphatic hydroxyl groups is 1. The minimum absolute atomic E-state index is 0.0303. The van der Waals surface area contributed by atoms with Gasteiger partial charge in [0.25, 0.3) is 0 Å². The summed E-state index contributed by atoms with van der Waals surface area (Å²) in [7, 11) is 1.66. The highest BCUT2D eigenvalue weighted by molar-refractivity contribution is 5.86. The van der Waals surface area contributed by atoms with Crippen LogP contribution in [0.2, 0.25) is 0 Å². The lowest BCUT2D eigenvalue weighted by atomic mass is 9.85. The van der Waals surface area contributed by atoms with Gasteiger partial charge >= 0.3 is 5.97 Å². The molecule has 0 aliphatic heterocycles. The van der Waals surface area contributed by atoms with Crippen molar-refractivity contribution >= 4 is 11.9 Å². The lowest BCUT2D eigenvalue weighted by Gasteiger charge is -2.35. The van der Waals surface area contributed by atoms with Gasteiger partial charge in [-0.1, -0.05) is 20.3 Å². The number of hydrogen-bond donors (Lipinski definition) is 1. The van der Waals surface area contributed by atoms with Gasteiger partial charge in [-0.2, -0.15) is 0 Å². The van der Waals surface area contributed by atoms with E-state index in [2.05, 4.69) is 0 Å². The van der Waals surface area contributed by atoms with Crippen LogP contribution >= 0.6 is 0 Å². The number of amides is 1. The fourth-order valence-corrected chi connectivity index (χ4v) is 3.05. The summed E-state index contributed by atoms with van der Waals surface area (Å²) in [5, 5.41) is 9.76. The second-order valence-corrected chi connectivity index (χ2v) is 7.69. The first kappa shape index (κ1) is 18.9. The summed E-state index contributed by atoms with van der Waals surface area (Å²) in [6.07, 6.45) is 2.47. The van der Waals surface area contributed by atoms with E-state index in [0.29, 0.717) is 6.42 Å². The number of ether oxygens (including phenoxy) is 1. The highest BCUT2D eigenvalue weighted by Gasteiger charge is 2.37. The lowest BCUT2D eigenvalue weighted by Crippen LogP contribution is -2.50. The number of nitrogens with zero attached hydrogens (tertiary/aromatic N) is 1. The van der Waals surface area contributed by atoms with E-state index in [1.807, 2.05) is 34.6 Å². The molecule has 5 nitrogen and oxygen atoms in total. The quantitative estimate of drug-likeness (QED) is 0.809. The van der Waals surface area contributed by atoms with E-state index in [1.165, 1.54) is 4.90 Å². The molecule has 5 heteroatoms. The van der Waals surface area contributed by atoms with E-state index in [1.54, 1.807) is 7.05 Å². The molecule has 128 valence electrons. The Hall–Kier alpha value is -1.10. The van der Waals surface area contributed by atoms with Gasteiger partial charge in [0.05, 0.1) is 6.10 Å². The van der Waals surface area contributed by atoms with Crippen LogP contribution in [0.25, 0.3) is 0 Å². The summed E-state index contributed by atoms with van der Waals surface area (Å²) in [5.41, 5.74) is -0.574. The summed E-state index contributed by atoms with van der Waals surface area (Å²) in [5.74, 6) is -0.659. The Morgan fingerprint density at radius 1 is 1.23 bits per heavy atom. The molecule has 1 aliphatic rings. The van der Waals surface area contributed by atoms with Gasteiger partial charge in [0.15, 0.2) is 0 Å². The minimum Gasteiger partial charge on any atom is -0.458 e. The number of carbonyl (C=O) groups is 2. The van der Waals surface area contributed by atoms with Crippen LogP contribution in [0.1, 0.15) is 60.3 Å². The molecule has 0 spiro atoms. The van der Waals surface area contributed by atoms with Crippen LogP contribution in [-0.4, -0.2) is 46.7 Å². The maximum atomic E-state index is 12.7. The van der Waals surface area contributed by atoms with Crippen LogP contribution < -0.4 is 0 Å². The highest BCUT2D eigenvalue weighted by atomic mass is 16.6. The van der Waals surface area contributed by atoms with Crippen LogP contribution in [0.5, 0.6) is 0 Å². The van der Waals surface area contributed by atoms with E-state index in [9.17, 15) is 14.7 Å². The molecule has 1 aliphatic carbocycles. The zero-order chi connectivity index (χ0) is 17.1. The standard InChI is InChI=1S/C17H31NO4/c1-11(2)14(16(21)22-17(3,4)5)18(6)15(20)12-8-7-9-13(19)10-12/h11-14,19H,7-10H2,1-6H3/t12-,13+,14?/m0/s1. The lowest BCUT2D eigenvalue weighted by molar-refractivity contribution is -0.167. The average Bonchev–Trinajstić information content (AvgIpc) is 2.35. The zero-order valence-electron chi connectivity index (χ0n) is 14.8. The molecule has 1 unspecified atom stereocenters. The van der Waals surface area contributed by atoms with Gasteiger partial charge in [-0.3, -0.25) is 4.79 Å². The number of likely N-dealkylation sites (N-methyl/N-ethyl adjacent to an activating group) is 1. The number of esters is 1. The largest absolute Gasteiger partial charge is 0.458 e. The molecule has 1 N–H and O–H groups in total. The fourth-order valence-electron chi connectivity index (χ4n) is 3.05. The van der Waals surface area contributed by atoms with Gasteiger partial charge in [0.1, 0.15) is 11.6 Å². The molecule has 0 heterocycles. The third kappa shape index (κ3) is 5.27. The summed E-state index contributed by atoms with van der Waals surface area (Å²) in [6.45, 7) is 9.28. The number of hydrogen-bond acceptors (Lipinski definition) is 4. The third-order valence-electron chi connectivity index (χ3n) is 4.04. The highest BCUT2D eigenvalue weighted by Crippen LogP contribution is 2.27. The maximum absolute atomic E-state index is 12.7.